The van der Waals surface area contributed by atoms with Crippen LogP contribution in [0.5, 0.6) is 0 Å². The zero-order chi connectivity index (χ0) is 15.6. The third kappa shape index (κ3) is 3.94. The van der Waals surface area contributed by atoms with Gasteiger partial charge in [-0.25, -0.2) is 13.1 Å². The van der Waals surface area contributed by atoms with E-state index in [0.717, 1.165) is 0 Å². The standard InChI is InChI=1S/C13H21BrN2O3S/c1-4-13(3,5-6-17)16-20(18,19)12-8-11(15)10(14)7-9(12)2/h7-8,16-17H,4-6,15H2,1-3H3. The zero-order valence-corrected chi connectivity index (χ0v) is 14.3. The summed E-state index contributed by atoms with van der Waals surface area (Å²) in [6.45, 7) is 5.29. The Bertz CT molecular complexity index is 590. The van der Waals surface area contributed by atoms with Gasteiger partial charge in [0, 0.05) is 22.3 Å². The highest BCUT2D eigenvalue weighted by atomic mass is 79.9. The first-order valence-corrected chi connectivity index (χ1v) is 8.63. The number of aryl methyl sites for hydroxylation is 1. The van der Waals surface area contributed by atoms with Crippen LogP contribution in [0.25, 0.3) is 0 Å². The lowest BCUT2D eigenvalue weighted by molar-refractivity contribution is 0.233. The molecule has 0 aromatic heterocycles. The average molecular weight is 365 g/mol. The molecule has 1 unspecified atom stereocenters. The fourth-order valence-corrected chi connectivity index (χ4v) is 4.11. The van der Waals surface area contributed by atoms with Crippen molar-refractivity contribution >= 4 is 31.6 Å². The summed E-state index contributed by atoms with van der Waals surface area (Å²) in [6.07, 6.45) is 0.936. The average Bonchev–Trinajstić information content (AvgIpc) is 2.33. The molecule has 0 heterocycles. The first-order chi connectivity index (χ1) is 9.15. The van der Waals surface area contributed by atoms with Gasteiger partial charge in [-0.1, -0.05) is 6.92 Å². The molecule has 5 nitrogen and oxygen atoms in total. The monoisotopic (exact) mass is 364 g/mol. The Morgan fingerprint density at radius 2 is 2.05 bits per heavy atom. The van der Waals surface area contributed by atoms with Crippen LogP contribution in [0.1, 0.15) is 32.3 Å². The SMILES string of the molecule is CCC(C)(CCO)NS(=O)(=O)c1cc(N)c(Br)cc1C. The van der Waals surface area contributed by atoms with Gasteiger partial charge in [-0.3, -0.25) is 0 Å². The van der Waals surface area contributed by atoms with E-state index in [1.165, 1.54) is 6.07 Å². The smallest absolute Gasteiger partial charge is 0.241 e. The van der Waals surface area contributed by atoms with E-state index in [1.54, 1.807) is 19.9 Å². The second kappa shape index (κ2) is 6.43. The van der Waals surface area contributed by atoms with E-state index in [0.29, 0.717) is 28.6 Å². The van der Waals surface area contributed by atoms with Crippen molar-refractivity contribution in [3.8, 4) is 0 Å². The molecule has 0 fully saturated rings. The molecular formula is C13H21BrN2O3S. The fraction of sp³-hybridized carbons (Fsp3) is 0.538. The molecule has 0 aliphatic heterocycles. The molecule has 1 atom stereocenters. The van der Waals surface area contributed by atoms with Gasteiger partial charge in [-0.2, -0.15) is 0 Å². The van der Waals surface area contributed by atoms with Gasteiger partial charge in [0.2, 0.25) is 10.0 Å². The highest BCUT2D eigenvalue weighted by molar-refractivity contribution is 9.10. The van der Waals surface area contributed by atoms with Gasteiger partial charge in [0.1, 0.15) is 0 Å². The van der Waals surface area contributed by atoms with Gasteiger partial charge in [0.05, 0.1) is 4.90 Å². The summed E-state index contributed by atoms with van der Waals surface area (Å²) < 4.78 is 28.3. The summed E-state index contributed by atoms with van der Waals surface area (Å²) in [5, 5.41) is 9.07. The molecule has 114 valence electrons. The Morgan fingerprint density at radius 3 is 2.55 bits per heavy atom. The first-order valence-electron chi connectivity index (χ1n) is 6.35. The summed E-state index contributed by atoms with van der Waals surface area (Å²) in [4.78, 5) is 0.163. The van der Waals surface area contributed by atoms with Crippen LogP contribution in [0.15, 0.2) is 21.5 Å². The lowest BCUT2D eigenvalue weighted by Gasteiger charge is -2.29. The van der Waals surface area contributed by atoms with E-state index in [4.69, 9.17) is 10.8 Å². The number of halogens is 1. The van der Waals surface area contributed by atoms with E-state index in [9.17, 15) is 8.42 Å². The molecular weight excluding hydrogens is 344 g/mol. The topological polar surface area (TPSA) is 92.4 Å². The number of aliphatic hydroxyl groups is 1. The predicted octanol–water partition coefficient (Wildman–Crippen LogP) is 2.17. The molecule has 0 saturated heterocycles. The van der Waals surface area contributed by atoms with Gasteiger partial charge < -0.3 is 10.8 Å². The summed E-state index contributed by atoms with van der Waals surface area (Å²) in [7, 11) is -3.68. The Balaban J connectivity index is 3.21. The zero-order valence-electron chi connectivity index (χ0n) is 11.9. The van der Waals surface area contributed by atoms with Gasteiger partial charge in [-0.15, -0.1) is 0 Å². The molecule has 0 spiro atoms. The molecule has 0 aliphatic rings. The number of rotatable bonds is 6. The van der Waals surface area contributed by atoms with Crippen LogP contribution < -0.4 is 10.5 Å². The fourth-order valence-electron chi connectivity index (χ4n) is 1.88. The normalized spacial score (nSPS) is 15.1. The molecule has 4 N–H and O–H groups in total. The van der Waals surface area contributed by atoms with Gasteiger partial charge in [0.15, 0.2) is 0 Å². The number of nitrogen functional groups attached to an aromatic ring is 1. The van der Waals surface area contributed by atoms with Crippen molar-refractivity contribution in [3.63, 3.8) is 0 Å². The summed E-state index contributed by atoms with van der Waals surface area (Å²) in [5.41, 5.74) is 6.07. The maximum Gasteiger partial charge on any atom is 0.241 e. The minimum Gasteiger partial charge on any atom is -0.398 e. The highest BCUT2D eigenvalue weighted by Crippen LogP contribution is 2.28. The second-order valence-electron chi connectivity index (χ2n) is 5.13. The third-order valence-electron chi connectivity index (χ3n) is 3.41. The highest BCUT2D eigenvalue weighted by Gasteiger charge is 2.29. The Hall–Kier alpha value is -0.630. The van der Waals surface area contributed by atoms with Gasteiger partial charge >= 0.3 is 0 Å². The minimum absolute atomic E-state index is 0.0751. The second-order valence-corrected chi connectivity index (χ2v) is 7.64. The Kier molecular flexibility index (Phi) is 5.60. The van der Waals surface area contributed by atoms with Crippen LogP contribution in [0.4, 0.5) is 5.69 Å². The van der Waals surface area contributed by atoms with Crippen molar-refractivity contribution in [1.29, 1.82) is 0 Å². The maximum atomic E-state index is 12.5. The number of aliphatic hydroxyl groups excluding tert-OH is 1. The number of benzene rings is 1. The Labute approximate surface area is 128 Å². The number of nitrogens with two attached hydrogens (primary N) is 1. The molecule has 0 saturated carbocycles. The molecule has 0 aliphatic carbocycles. The van der Waals surface area contributed by atoms with Crippen LogP contribution in [0, 0.1) is 6.92 Å². The predicted molar refractivity (Wildman–Crippen MR) is 84.0 cm³/mol. The van der Waals surface area contributed by atoms with Crippen molar-refractivity contribution in [2.75, 3.05) is 12.3 Å². The molecule has 20 heavy (non-hydrogen) atoms. The van der Waals surface area contributed by atoms with E-state index in [2.05, 4.69) is 20.7 Å². The van der Waals surface area contributed by atoms with Crippen LogP contribution in [0.3, 0.4) is 0 Å². The number of sulfonamides is 1. The van der Waals surface area contributed by atoms with Gasteiger partial charge in [-0.05, 0) is 60.3 Å². The summed E-state index contributed by atoms with van der Waals surface area (Å²) in [5.74, 6) is 0. The van der Waals surface area contributed by atoms with E-state index < -0.39 is 15.6 Å². The largest absolute Gasteiger partial charge is 0.398 e. The maximum absolute atomic E-state index is 12.5. The van der Waals surface area contributed by atoms with Gasteiger partial charge in [0.25, 0.3) is 0 Å². The van der Waals surface area contributed by atoms with Crippen LogP contribution in [-0.2, 0) is 10.0 Å². The lowest BCUT2D eigenvalue weighted by atomic mass is 9.97. The molecule has 1 rings (SSSR count). The van der Waals surface area contributed by atoms with Crippen LogP contribution in [-0.4, -0.2) is 25.7 Å². The molecule has 0 radical (unpaired) electrons. The Morgan fingerprint density at radius 1 is 1.45 bits per heavy atom. The molecule has 0 bridgehead atoms. The summed E-state index contributed by atoms with van der Waals surface area (Å²) >= 11 is 3.27. The molecule has 7 heteroatoms. The molecule has 1 aromatic rings. The van der Waals surface area contributed by atoms with Crippen molar-refractivity contribution in [2.45, 2.75) is 44.0 Å². The quantitative estimate of drug-likeness (QED) is 0.674. The number of hydrogen-bond donors (Lipinski definition) is 3. The third-order valence-corrected chi connectivity index (χ3v) is 5.88. The number of anilines is 1. The molecule has 0 amide bonds. The molecule has 1 aromatic carbocycles. The van der Waals surface area contributed by atoms with E-state index in [-0.39, 0.29) is 11.5 Å². The minimum atomic E-state index is -3.68. The van der Waals surface area contributed by atoms with Crippen molar-refractivity contribution in [2.24, 2.45) is 0 Å². The lowest BCUT2D eigenvalue weighted by Crippen LogP contribution is -2.46. The van der Waals surface area contributed by atoms with E-state index >= 15 is 0 Å². The summed E-state index contributed by atoms with van der Waals surface area (Å²) in [6, 6.07) is 3.12. The number of hydrogen-bond acceptors (Lipinski definition) is 4. The van der Waals surface area contributed by atoms with Crippen LogP contribution in [0.2, 0.25) is 0 Å². The van der Waals surface area contributed by atoms with Crippen molar-refractivity contribution in [3.05, 3.63) is 22.2 Å². The number of nitrogens with one attached hydrogen (secondary N) is 1. The van der Waals surface area contributed by atoms with Crippen LogP contribution >= 0.6 is 15.9 Å². The van der Waals surface area contributed by atoms with E-state index in [1.807, 2.05) is 6.92 Å². The van der Waals surface area contributed by atoms with Crippen molar-refractivity contribution in [1.82, 2.24) is 4.72 Å². The first kappa shape index (κ1) is 17.4. The van der Waals surface area contributed by atoms with Crippen molar-refractivity contribution < 1.29 is 13.5 Å².